The van der Waals surface area contributed by atoms with Crippen molar-refractivity contribution in [1.29, 1.82) is 0 Å². The molecule has 3 aromatic heterocycles. The van der Waals surface area contributed by atoms with E-state index in [9.17, 15) is 4.79 Å². The van der Waals surface area contributed by atoms with E-state index in [1.807, 2.05) is 38.1 Å². The quantitative estimate of drug-likeness (QED) is 0.350. The van der Waals surface area contributed by atoms with Crippen LogP contribution in [0.1, 0.15) is 36.1 Å². The molecule has 35 heavy (non-hydrogen) atoms. The van der Waals surface area contributed by atoms with Gasteiger partial charge in [-0.05, 0) is 63.1 Å². The number of anilines is 2. The van der Waals surface area contributed by atoms with Crippen molar-refractivity contribution in [3.63, 3.8) is 0 Å². The van der Waals surface area contributed by atoms with Crippen LogP contribution in [0.5, 0.6) is 0 Å². The van der Waals surface area contributed by atoms with Gasteiger partial charge in [-0.2, -0.15) is 0 Å². The summed E-state index contributed by atoms with van der Waals surface area (Å²) in [4.78, 5) is 24.2. The van der Waals surface area contributed by atoms with Crippen LogP contribution >= 0.6 is 11.6 Å². The van der Waals surface area contributed by atoms with Crippen molar-refractivity contribution >= 4 is 34.1 Å². The maximum Gasteiger partial charge on any atom is 0.196 e. The van der Waals surface area contributed by atoms with E-state index in [1.165, 1.54) is 0 Å². The molecule has 1 aliphatic rings. The van der Waals surface area contributed by atoms with E-state index < -0.39 is 0 Å². The van der Waals surface area contributed by atoms with Gasteiger partial charge in [0, 0.05) is 35.6 Å². The third kappa shape index (κ3) is 4.61. The first-order chi connectivity index (χ1) is 16.9. The van der Waals surface area contributed by atoms with Gasteiger partial charge in [0.2, 0.25) is 0 Å². The van der Waals surface area contributed by atoms with Crippen molar-refractivity contribution < 1.29 is 9.15 Å². The van der Waals surface area contributed by atoms with Crippen molar-refractivity contribution in [3.8, 4) is 11.3 Å². The van der Waals surface area contributed by atoms with E-state index in [-0.39, 0.29) is 11.5 Å². The van der Waals surface area contributed by atoms with Crippen LogP contribution in [0, 0.1) is 13.8 Å². The molecule has 5 rings (SSSR count). The predicted octanol–water partition coefficient (Wildman–Crippen LogP) is 5.88. The molecule has 1 saturated heterocycles. The van der Waals surface area contributed by atoms with Gasteiger partial charge in [0.1, 0.15) is 23.2 Å². The third-order valence-electron chi connectivity index (χ3n) is 6.26. The average molecular weight is 491 g/mol. The van der Waals surface area contributed by atoms with Crippen LogP contribution in [-0.2, 0) is 4.74 Å². The molecule has 0 amide bonds. The number of nitrogens with one attached hydrogen (secondary N) is 1. The zero-order valence-electron chi connectivity index (χ0n) is 20.0. The van der Waals surface area contributed by atoms with Crippen LogP contribution in [0.2, 0.25) is 5.15 Å². The topological polar surface area (TPSA) is 80.5 Å². The standard InChI is InChI=1S/C27H27ClN4O3/c1-16-12-20(18(3)30-22-7-8-23(28)31-27(22)32-10-5-11-34-15-32)26-21(13-16)24(33)17(2)25(35-26)19-6-4-9-29-14-19/h4,6-9,12-14,18,30H,5,10-11,15H2,1-3H3/t18-/m1/s1. The number of benzene rings is 1. The Morgan fingerprint density at radius 3 is 2.80 bits per heavy atom. The normalized spacial score (nSPS) is 14.8. The summed E-state index contributed by atoms with van der Waals surface area (Å²) in [6, 6.07) is 11.2. The molecule has 0 bridgehead atoms. The molecule has 1 aliphatic heterocycles. The molecule has 1 N–H and O–H groups in total. The van der Waals surface area contributed by atoms with Gasteiger partial charge in [0.15, 0.2) is 11.2 Å². The minimum absolute atomic E-state index is 0.0402. The molecule has 1 fully saturated rings. The minimum atomic E-state index is -0.183. The number of pyridine rings is 2. The Morgan fingerprint density at radius 2 is 2.06 bits per heavy atom. The number of aromatic nitrogens is 2. The summed E-state index contributed by atoms with van der Waals surface area (Å²) >= 11 is 6.24. The van der Waals surface area contributed by atoms with Gasteiger partial charge in [-0.15, -0.1) is 0 Å². The van der Waals surface area contributed by atoms with Crippen LogP contribution in [0.15, 0.2) is 58.0 Å². The van der Waals surface area contributed by atoms with Gasteiger partial charge >= 0.3 is 0 Å². The Kier molecular flexibility index (Phi) is 6.45. The van der Waals surface area contributed by atoms with E-state index in [4.69, 9.17) is 20.8 Å². The van der Waals surface area contributed by atoms with E-state index in [0.717, 1.165) is 47.8 Å². The van der Waals surface area contributed by atoms with Gasteiger partial charge in [0.25, 0.3) is 0 Å². The Hall–Kier alpha value is -3.42. The molecule has 7 nitrogen and oxygen atoms in total. The molecule has 0 aliphatic carbocycles. The largest absolute Gasteiger partial charge is 0.455 e. The molecule has 1 aromatic carbocycles. The molecular formula is C27H27ClN4O3. The smallest absolute Gasteiger partial charge is 0.196 e. The van der Waals surface area contributed by atoms with Crippen LogP contribution < -0.4 is 15.6 Å². The Morgan fingerprint density at radius 1 is 1.20 bits per heavy atom. The summed E-state index contributed by atoms with van der Waals surface area (Å²) in [5.74, 6) is 1.28. The molecule has 1 atom stereocenters. The van der Waals surface area contributed by atoms with Crippen molar-refractivity contribution in [2.75, 3.05) is 30.1 Å². The summed E-state index contributed by atoms with van der Waals surface area (Å²) < 4.78 is 12.1. The van der Waals surface area contributed by atoms with Crippen molar-refractivity contribution in [3.05, 3.63) is 80.9 Å². The van der Waals surface area contributed by atoms with Crippen LogP contribution in [0.4, 0.5) is 11.5 Å². The summed E-state index contributed by atoms with van der Waals surface area (Å²) in [6.45, 7) is 7.87. The summed E-state index contributed by atoms with van der Waals surface area (Å²) in [5, 5.41) is 4.56. The second-order valence-electron chi connectivity index (χ2n) is 8.88. The highest BCUT2D eigenvalue weighted by Crippen LogP contribution is 2.34. The second kappa shape index (κ2) is 9.68. The lowest BCUT2D eigenvalue weighted by atomic mass is 9.99. The van der Waals surface area contributed by atoms with Crippen LogP contribution in [0.3, 0.4) is 0 Å². The number of hydrogen-bond donors (Lipinski definition) is 1. The number of halogens is 1. The Labute approximate surface area is 208 Å². The van der Waals surface area contributed by atoms with Crippen molar-refractivity contribution in [2.24, 2.45) is 0 Å². The number of ether oxygens (including phenoxy) is 1. The lowest BCUT2D eigenvalue weighted by molar-refractivity contribution is 0.106. The SMILES string of the molecule is Cc1cc([C@@H](C)Nc2ccc(Cl)nc2N2CCCOC2)c2oc(-c3cccnc3)c(C)c(=O)c2c1. The van der Waals surface area contributed by atoms with Gasteiger partial charge in [-0.1, -0.05) is 17.7 Å². The minimum Gasteiger partial charge on any atom is -0.455 e. The molecule has 0 unspecified atom stereocenters. The maximum atomic E-state index is 13.4. The zero-order chi connectivity index (χ0) is 24.5. The molecule has 4 heterocycles. The molecule has 8 heteroatoms. The first-order valence-corrected chi connectivity index (χ1v) is 12.0. The van der Waals surface area contributed by atoms with Crippen molar-refractivity contribution in [1.82, 2.24) is 9.97 Å². The average Bonchev–Trinajstić information content (AvgIpc) is 2.88. The van der Waals surface area contributed by atoms with Crippen molar-refractivity contribution in [2.45, 2.75) is 33.2 Å². The molecule has 180 valence electrons. The molecule has 0 radical (unpaired) electrons. The van der Waals surface area contributed by atoms with E-state index in [1.54, 1.807) is 25.4 Å². The number of nitrogens with zero attached hydrogens (tertiary/aromatic N) is 3. The molecular weight excluding hydrogens is 464 g/mol. The highest BCUT2D eigenvalue weighted by molar-refractivity contribution is 6.29. The van der Waals surface area contributed by atoms with Gasteiger partial charge in [0.05, 0.1) is 23.7 Å². The number of fused-ring (bicyclic) bond motifs is 1. The number of hydrogen-bond acceptors (Lipinski definition) is 7. The van der Waals surface area contributed by atoms with E-state index >= 15 is 0 Å². The van der Waals surface area contributed by atoms with Gasteiger partial charge < -0.3 is 19.4 Å². The zero-order valence-corrected chi connectivity index (χ0v) is 20.7. The fourth-order valence-electron chi connectivity index (χ4n) is 4.52. The molecule has 0 spiro atoms. The summed E-state index contributed by atoms with van der Waals surface area (Å²) in [6.07, 6.45) is 4.33. The lowest BCUT2D eigenvalue weighted by Gasteiger charge is -2.30. The molecule has 4 aromatic rings. The fourth-order valence-corrected chi connectivity index (χ4v) is 4.66. The first kappa shape index (κ1) is 23.3. The van der Waals surface area contributed by atoms with Crippen LogP contribution in [0.25, 0.3) is 22.3 Å². The monoisotopic (exact) mass is 490 g/mol. The highest BCUT2D eigenvalue weighted by Gasteiger charge is 2.22. The third-order valence-corrected chi connectivity index (χ3v) is 6.47. The van der Waals surface area contributed by atoms with Gasteiger partial charge in [-0.3, -0.25) is 9.78 Å². The lowest BCUT2D eigenvalue weighted by Crippen LogP contribution is -2.34. The van der Waals surface area contributed by atoms with Gasteiger partial charge in [-0.25, -0.2) is 4.98 Å². The first-order valence-electron chi connectivity index (χ1n) is 11.7. The van der Waals surface area contributed by atoms with E-state index in [0.29, 0.717) is 34.2 Å². The predicted molar refractivity (Wildman–Crippen MR) is 139 cm³/mol. The number of aryl methyl sites for hydroxylation is 1. The highest BCUT2D eigenvalue weighted by atomic mass is 35.5. The summed E-state index contributed by atoms with van der Waals surface area (Å²) in [5.41, 5.74) is 4.57. The fraction of sp³-hybridized carbons (Fsp3) is 0.296. The van der Waals surface area contributed by atoms with E-state index in [2.05, 4.69) is 26.3 Å². The summed E-state index contributed by atoms with van der Waals surface area (Å²) in [7, 11) is 0. The Bertz CT molecular complexity index is 1430. The second-order valence-corrected chi connectivity index (χ2v) is 9.27. The maximum absolute atomic E-state index is 13.4. The Balaban J connectivity index is 1.60. The molecule has 0 saturated carbocycles. The number of rotatable bonds is 5. The van der Waals surface area contributed by atoms with Crippen LogP contribution in [-0.4, -0.2) is 29.9 Å².